The van der Waals surface area contributed by atoms with Gasteiger partial charge in [0.1, 0.15) is 6.04 Å². The zero-order chi connectivity index (χ0) is 9.75. The van der Waals surface area contributed by atoms with Gasteiger partial charge in [-0.05, 0) is 18.6 Å². The van der Waals surface area contributed by atoms with Crippen LogP contribution in [0.4, 0.5) is 0 Å². The molecule has 5 atom stereocenters. The maximum absolute atomic E-state index is 11.5. The molecule has 1 amide bonds. The van der Waals surface area contributed by atoms with E-state index in [1.807, 2.05) is 4.90 Å². The Morgan fingerprint density at radius 1 is 1.62 bits per heavy atom. The number of rotatable bonds is 0. The van der Waals surface area contributed by atoms with Crippen LogP contribution in [0, 0.1) is 5.92 Å². The fourth-order valence-electron chi connectivity index (χ4n) is 2.16. The van der Waals surface area contributed by atoms with Crippen molar-refractivity contribution in [3.63, 3.8) is 0 Å². The Kier molecular flexibility index (Phi) is 2.00. The van der Waals surface area contributed by atoms with Crippen LogP contribution in [-0.2, 0) is 4.79 Å². The minimum Gasteiger partial charge on any atom is -0.325 e. The zero-order valence-corrected chi connectivity index (χ0v) is 8.88. The summed E-state index contributed by atoms with van der Waals surface area (Å²) in [5, 5.41) is 0.235. The number of fused-ring (bicyclic) bond motifs is 1. The first-order chi connectivity index (χ1) is 6.04. The van der Waals surface area contributed by atoms with E-state index in [9.17, 15) is 4.79 Å². The van der Waals surface area contributed by atoms with E-state index in [4.69, 9.17) is 5.73 Å². The molecule has 2 fully saturated rings. The number of amides is 1. The molecule has 3 nitrogen and oxygen atoms in total. The number of β-lactam (4-membered cyclic amide) rings is 1. The Balaban J connectivity index is 2.24. The molecular weight excluding hydrogens is 184 g/mol. The number of nitrogens with two attached hydrogens (primary N) is 1. The van der Waals surface area contributed by atoms with Crippen LogP contribution in [0.25, 0.3) is 0 Å². The lowest BCUT2D eigenvalue weighted by atomic mass is 9.97. The Morgan fingerprint density at radius 3 is 2.85 bits per heavy atom. The fourth-order valence-corrected chi connectivity index (χ4v) is 4.46. The molecule has 4 heteroatoms. The Bertz CT molecular complexity index is 279. The van der Waals surface area contributed by atoms with Gasteiger partial charge in [0, 0.05) is 6.04 Å². The second-order valence-electron chi connectivity index (χ2n) is 4.08. The monoisotopic (exact) mass is 200 g/mol. The first kappa shape index (κ1) is 9.21. The molecule has 0 aromatic heterocycles. The van der Waals surface area contributed by atoms with Crippen molar-refractivity contribution < 1.29 is 4.79 Å². The molecule has 2 aliphatic heterocycles. The zero-order valence-electron chi connectivity index (χ0n) is 8.06. The van der Waals surface area contributed by atoms with E-state index < -0.39 is 0 Å². The minimum absolute atomic E-state index is 0.0503. The van der Waals surface area contributed by atoms with E-state index >= 15 is 0 Å². The molecule has 0 saturated carbocycles. The predicted octanol–water partition coefficient (Wildman–Crippen LogP) is 0.221. The second-order valence-corrected chi connectivity index (χ2v) is 5.98. The standard InChI is InChI=1S/C9H16N2OS/c1-5-4-13(3)9-7(10)8(12)11(9)6(5)2/h5-7,9H,3-4,10H2,1-2H3. The summed E-state index contributed by atoms with van der Waals surface area (Å²) in [6, 6.07) is 0.0820. The Morgan fingerprint density at radius 2 is 2.23 bits per heavy atom. The van der Waals surface area contributed by atoms with Gasteiger partial charge in [-0.1, -0.05) is 12.8 Å². The van der Waals surface area contributed by atoms with Crippen molar-refractivity contribution in [2.75, 3.05) is 5.75 Å². The summed E-state index contributed by atoms with van der Waals surface area (Å²) in [6.07, 6.45) is 0. The van der Waals surface area contributed by atoms with Gasteiger partial charge in [-0.25, -0.2) is 0 Å². The first-order valence-electron chi connectivity index (χ1n) is 4.61. The van der Waals surface area contributed by atoms with Gasteiger partial charge in [0.05, 0.1) is 5.37 Å². The lowest BCUT2D eigenvalue weighted by Crippen LogP contribution is -2.72. The maximum atomic E-state index is 11.5. The van der Waals surface area contributed by atoms with Gasteiger partial charge in [-0.2, -0.15) is 10.5 Å². The molecule has 13 heavy (non-hydrogen) atoms. The molecule has 0 aromatic rings. The molecule has 74 valence electrons. The summed E-state index contributed by atoms with van der Waals surface area (Å²) in [4.78, 5) is 13.4. The van der Waals surface area contributed by atoms with Gasteiger partial charge in [-0.15, -0.1) is 0 Å². The quantitative estimate of drug-likeness (QED) is 0.449. The number of carbonyl (C=O) groups excluding carboxylic acids is 1. The van der Waals surface area contributed by atoms with Gasteiger partial charge in [0.15, 0.2) is 0 Å². The van der Waals surface area contributed by atoms with Crippen molar-refractivity contribution in [3.05, 3.63) is 0 Å². The maximum Gasteiger partial charge on any atom is 0.243 e. The molecule has 0 aromatic carbocycles. The molecule has 2 rings (SSSR count). The number of hydrogen-bond acceptors (Lipinski definition) is 2. The summed E-state index contributed by atoms with van der Waals surface area (Å²) >= 11 is 0. The Hall–Kier alpha value is -0.350. The molecule has 0 spiro atoms. The largest absolute Gasteiger partial charge is 0.325 e. The normalized spacial score (nSPS) is 49.9. The van der Waals surface area contributed by atoms with Crippen molar-refractivity contribution in [3.8, 4) is 0 Å². The summed E-state index contributed by atoms with van der Waals surface area (Å²) in [5.74, 6) is 5.90. The van der Waals surface area contributed by atoms with Crippen LogP contribution in [0.15, 0.2) is 0 Å². The molecular formula is C9H16N2OS. The van der Waals surface area contributed by atoms with Crippen molar-refractivity contribution in [2.24, 2.45) is 11.7 Å². The SMILES string of the molecule is C=S1CC(C)C(C)N2C(=O)C(N)C21. The van der Waals surface area contributed by atoms with E-state index in [0.29, 0.717) is 12.0 Å². The lowest BCUT2D eigenvalue weighted by molar-refractivity contribution is -0.149. The van der Waals surface area contributed by atoms with Crippen LogP contribution in [-0.4, -0.2) is 39.9 Å². The third-order valence-corrected chi connectivity index (χ3v) is 5.36. The summed E-state index contributed by atoms with van der Waals surface area (Å²) < 4.78 is 0. The van der Waals surface area contributed by atoms with Crippen LogP contribution in [0.2, 0.25) is 0 Å². The molecule has 5 unspecified atom stereocenters. The molecule has 2 heterocycles. The van der Waals surface area contributed by atoms with Gasteiger partial charge in [-0.3, -0.25) is 4.79 Å². The third-order valence-electron chi connectivity index (χ3n) is 3.20. The van der Waals surface area contributed by atoms with E-state index in [1.54, 1.807) is 0 Å². The van der Waals surface area contributed by atoms with Crippen LogP contribution < -0.4 is 5.73 Å². The van der Waals surface area contributed by atoms with Crippen LogP contribution >= 0.6 is 10.5 Å². The number of hydrogen-bond donors (Lipinski definition) is 1. The highest BCUT2D eigenvalue weighted by Crippen LogP contribution is 2.42. The summed E-state index contributed by atoms with van der Waals surface area (Å²) in [5.41, 5.74) is 5.75. The van der Waals surface area contributed by atoms with Crippen LogP contribution in [0.5, 0.6) is 0 Å². The number of carbonyl (C=O) groups is 1. The average Bonchev–Trinajstić information content (AvgIpc) is 2.09. The van der Waals surface area contributed by atoms with Gasteiger partial charge in [0.2, 0.25) is 5.91 Å². The smallest absolute Gasteiger partial charge is 0.243 e. The van der Waals surface area contributed by atoms with Gasteiger partial charge >= 0.3 is 0 Å². The highest BCUT2D eigenvalue weighted by Gasteiger charge is 2.51. The summed E-state index contributed by atoms with van der Waals surface area (Å²) in [6.45, 7) is 4.29. The lowest BCUT2D eigenvalue weighted by Gasteiger charge is -2.55. The molecule has 2 saturated heterocycles. The first-order valence-corrected chi connectivity index (χ1v) is 6.23. The van der Waals surface area contributed by atoms with E-state index in [-0.39, 0.29) is 27.8 Å². The van der Waals surface area contributed by atoms with Crippen molar-refractivity contribution in [1.82, 2.24) is 4.90 Å². The average molecular weight is 200 g/mol. The molecule has 0 aliphatic carbocycles. The van der Waals surface area contributed by atoms with Gasteiger partial charge in [0.25, 0.3) is 0 Å². The fraction of sp³-hybridized carbons (Fsp3) is 0.778. The second kappa shape index (κ2) is 2.82. The molecule has 0 bridgehead atoms. The summed E-state index contributed by atoms with van der Waals surface area (Å²) in [7, 11) is 0.0503. The number of nitrogens with zero attached hydrogens (tertiary/aromatic N) is 1. The minimum atomic E-state index is -0.268. The van der Waals surface area contributed by atoms with Gasteiger partial charge < -0.3 is 10.6 Å². The highest BCUT2D eigenvalue weighted by atomic mass is 32.2. The van der Waals surface area contributed by atoms with E-state index in [2.05, 4.69) is 19.7 Å². The van der Waals surface area contributed by atoms with Crippen molar-refractivity contribution >= 4 is 22.3 Å². The van der Waals surface area contributed by atoms with Crippen molar-refractivity contribution in [1.29, 1.82) is 0 Å². The molecule has 2 aliphatic rings. The van der Waals surface area contributed by atoms with Crippen molar-refractivity contribution in [2.45, 2.75) is 31.3 Å². The molecule has 2 N–H and O–H groups in total. The van der Waals surface area contributed by atoms with E-state index in [1.165, 1.54) is 0 Å². The topological polar surface area (TPSA) is 46.3 Å². The third kappa shape index (κ3) is 1.08. The predicted molar refractivity (Wildman–Crippen MR) is 56.8 cm³/mol. The Labute approximate surface area is 81.2 Å². The van der Waals surface area contributed by atoms with E-state index in [0.717, 1.165) is 5.75 Å². The highest BCUT2D eigenvalue weighted by molar-refractivity contribution is 8.14. The van der Waals surface area contributed by atoms with Crippen LogP contribution in [0.3, 0.4) is 0 Å². The molecule has 0 radical (unpaired) electrons. The van der Waals surface area contributed by atoms with Crippen LogP contribution in [0.1, 0.15) is 13.8 Å².